The summed E-state index contributed by atoms with van der Waals surface area (Å²) in [5, 5.41) is 0.656. The fourth-order valence-electron chi connectivity index (χ4n) is 2.02. The zero-order chi connectivity index (χ0) is 13.1. The second kappa shape index (κ2) is 5.12. The summed E-state index contributed by atoms with van der Waals surface area (Å²) < 4.78 is 12.8. The third kappa shape index (κ3) is 2.06. The van der Waals surface area contributed by atoms with E-state index in [1.54, 1.807) is 25.4 Å². The summed E-state index contributed by atoms with van der Waals surface area (Å²) in [5.41, 5.74) is 0.864. The van der Waals surface area contributed by atoms with E-state index in [4.69, 9.17) is 9.47 Å². The van der Waals surface area contributed by atoms with Gasteiger partial charge >= 0.3 is 0 Å². The van der Waals surface area contributed by atoms with Crippen LogP contribution in [-0.2, 0) is 6.54 Å². The first-order valence-electron chi connectivity index (χ1n) is 6.05. The van der Waals surface area contributed by atoms with Crippen LogP contribution in [0.5, 0.6) is 11.5 Å². The summed E-state index contributed by atoms with van der Waals surface area (Å²) in [6.07, 6.45) is 1.80. The number of pyridine rings is 1. The molecule has 0 aliphatic heterocycles. The molecule has 0 aliphatic rings. The molecule has 0 saturated heterocycles. The molecule has 0 bridgehead atoms. The molecule has 4 heteroatoms. The van der Waals surface area contributed by atoms with Crippen LogP contribution in [0.2, 0.25) is 0 Å². The predicted molar refractivity (Wildman–Crippen MR) is 71.6 cm³/mol. The molecule has 4 nitrogen and oxygen atoms in total. The number of ether oxygens (including phenoxy) is 2. The Morgan fingerprint density at radius 2 is 2.00 bits per heavy atom. The lowest BCUT2D eigenvalue weighted by Gasteiger charge is -2.13. The maximum Gasteiger partial charge on any atom is 0.189 e. The highest BCUT2D eigenvalue weighted by Gasteiger charge is 2.10. The highest BCUT2D eigenvalue weighted by Crippen LogP contribution is 2.31. The Kier molecular flexibility index (Phi) is 3.55. The van der Waals surface area contributed by atoms with Gasteiger partial charge in [-0.25, -0.2) is 0 Å². The van der Waals surface area contributed by atoms with Crippen molar-refractivity contribution in [3.63, 3.8) is 0 Å². The third-order valence-corrected chi connectivity index (χ3v) is 2.90. The topological polar surface area (TPSA) is 40.5 Å². The molecule has 2 aromatic rings. The molecule has 0 radical (unpaired) electrons. The van der Waals surface area contributed by atoms with Crippen LogP contribution in [0.4, 0.5) is 0 Å². The number of hydrogen-bond donors (Lipinski definition) is 0. The lowest BCUT2D eigenvalue weighted by Crippen LogP contribution is -2.08. The summed E-state index contributed by atoms with van der Waals surface area (Å²) in [4.78, 5) is 11.9. The molecule has 0 atom stereocenters. The van der Waals surface area contributed by atoms with Crippen molar-refractivity contribution >= 4 is 10.9 Å². The van der Waals surface area contributed by atoms with Crippen LogP contribution in [0, 0.1) is 0 Å². The number of rotatable bonds is 4. The van der Waals surface area contributed by atoms with Crippen molar-refractivity contribution in [2.24, 2.45) is 0 Å². The van der Waals surface area contributed by atoms with Gasteiger partial charge in [-0.15, -0.1) is 0 Å². The highest BCUT2D eigenvalue weighted by atomic mass is 16.5. The van der Waals surface area contributed by atoms with Gasteiger partial charge in [0.1, 0.15) is 0 Å². The number of fused-ring (bicyclic) bond motifs is 1. The quantitative estimate of drug-likeness (QED) is 0.833. The molecule has 1 aromatic carbocycles. The van der Waals surface area contributed by atoms with Crippen LogP contribution in [-0.4, -0.2) is 18.3 Å². The standard InChI is InChI=1S/C14H17NO3/c1-4-15-7-6-12(16)10-8-14(18-5-2)13(17-3)9-11(10)15/h6-9H,4-5H2,1-3H3. The van der Waals surface area contributed by atoms with Crippen LogP contribution in [0.3, 0.4) is 0 Å². The second-order valence-corrected chi connectivity index (χ2v) is 3.92. The Hall–Kier alpha value is -1.97. The molecule has 2 rings (SSSR count). The molecule has 1 heterocycles. The van der Waals surface area contributed by atoms with Crippen molar-refractivity contribution in [1.29, 1.82) is 0 Å². The SMILES string of the molecule is CCOc1cc2c(=O)ccn(CC)c2cc1OC. The van der Waals surface area contributed by atoms with Crippen LogP contribution >= 0.6 is 0 Å². The largest absolute Gasteiger partial charge is 0.493 e. The Morgan fingerprint density at radius 1 is 1.22 bits per heavy atom. The summed E-state index contributed by atoms with van der Waals surface area (Å²) in [5.74, 6) is 1.26. The molecule has 0 saturated carbocycles. The van der Waals surface area contributed by atoms with Crippen molar-refractivity contribution in [2.75, 3.05) is 13.7 Å². The number of benzene rings is 1. The summed E-state index contributed by atoms with van der Waals surface area (Å²) in [6, 6.07) is 5.19. The van der Waals surface area contributed by atoms with Gasteiger partial charge in [-0.2, -0.15) is 0 Å². The van der Waals surface area contributed by atoms with Gasteiger partial charge in [-0.1, -0.05) is 0 Å². The van der Waals surface area contributed by atoms with E-state index < -0.39 is 0 Å². The van der Waals surface area contributed by atoms with Gasteiger partial charge in [0.2, 0.25) is 0 Å². The van der Waals surface area contributed by atoms with Gasteiger partial charge in [0, 0.05) is 30.3 Å². The average Bonchev–Trinajstić information content (AvgIpc) is 2.39. The van der Waals surface area contributed by atoms with Gasteiger partial charge in [0.15, 0.2) is 16.9 Å². The van der Waals surface area contributed by atoms with E-state index in [1.807, 2.05) is 24.5 Å². The molecule has 96 valence electrons. The summed E-state index contributed by atoms with van der Waals surface area (Å²) in [6.45, 7) is 5.27. The third-order valence-electron chi connectivity index (χ3n) is 2.90. The molecule has 18 heavy (non-hydrogen) atoms. The van der Waals surface area contributed by atoms with Crippen LogP contribution in [0.15, 0.2) is 29.2 Å². The highest BCUT2D eigenvalue weighted by molar-refractivity contribution is 5.83. The minimum atomic E-state index is -0.00157. The minimum absolute atomic E-state index is 0.00157. The van der Waals surface area contributed by atoms with Crippen LogP contribution in [0.25, 0.3) is 10.9 Å². The number of hydrogen-bond acceptors (Lipinski definition) is 3. The molecule has 0 unspecified atom stereocenters. The summed E-state index contributed by atoms with van der Waals surface area (Å²) >= 11 is 0. The Labute approximate surface area is 106 Å². The molecule has 0 spiro atoms. The molecule has 0 fully saturated rings. The second-order valence-electron chi connectivity index (χ2n) is 3.92. The lowest BCUT2D eigenvalue weighted by molar-refractivity contribution is 0.311. The number of aryl methyl sites for hydroxylation is 1. The maximum atomic E-state index is 11.9. The summed E-state index contributed by atoms with van der Waals surface area (Å²) in [7, 11) is 1.60. The molecule has 0 N–H and O–H groups in total. The number of methoxy groups -OCH3 is 1. The maximum absolute atomic E-state index is 11.9. The first-order chi connectivity index (χ1) is 8.71. The fourth-order valence-corrected chi connectivity index (χ4v) is 2.02. The van der Waals surface area contributed by atoms with Crippen LogP contribution < -0.4 is 14.9 Å². The van der Waals surface area contributed by atoms with Gasteiger partial charge in [-0.05, 0) is 19.9 Å². The Morgan fingerprint density at radius 3 is 2.61 bits per heavy atom. The van der Waals surface area contributed by atoms with Crippen molar-refractivity contribution in [3.8, 4) is 11.5 Å². The molecule has 0 amide bonds. The van der Waals surface area contributed by atoms with Gasteiger partial charge in [0.25, 0.3) is 0 Å². The van der Waals surface area contributed by atoms with Crippen molar-refractivity contribution in [2.45, 2.75) is 20.4 Å². The Balaban J connectivity index is 2.77. The van der Waals surface area contributed by atoms with E-state index in [0.717, 1.165) is 12.1 Å². The van der Waals surface area contributed by atoms with E-state index in [0.29, 0.717) is 23.5 Å². The first kappa shape index (κ1) is 12.5. The molecular formula is C14H17NO3. The van der Waals surface area contributed by atoms with Gasteiger partial charge in [-0.3, -0.25) is 4.79 Å². The van der Waals surface area contributed by atoms with E-state index in [9.17, 15) is 4.79 Å². The zero-order valence-electron chi connectivity index (χ0n) is 10.9. The zero-order valence-corrected chi connectivity index (χ0v) is 10.9. The smallest absolute Gasteiger partial charge is 0.189 e. The first-order valence-corrected chi connectivity index (χ1v) is 6.05. The van der Waals surface area contributed by atoms with Gasteiger partial charge < -0.3 is 14.0 Å². The van der Waals surface area contributed by atoms with E-state index in [1.165, 1.54) is 0 Å². The molecule has 1 aromatic heterocycles. The fraction of sp³-hybridized carbons (Fsp3) is 0.357. The van der Waals surface area contributed by atoms with E-state index in [2.05, 4.69) is 0 Å². The number of nitrogens with zero attached hydrogens (tertiary/aromatic N) is 1. The normalized spacial score (nSPS) is 10.6. The number of aromatic nitrogens is 1. The molecular weight excluding hydrogens is 230 g/mol. The van der Waals surface area contributed by atoms with E-state index >= 15 is 0 Å². The lowest BCUT2D eigenvalue weighted by atomic mass is 10.2. The van der Waals surface area contributed by atoms with E-state index in [-0.39, 0.29) is 5.43 Å². The van der Waals surface area contributed by atoms with Crippen molar-refractivity contribution in [1.82, 2.24) is 4.57 Å². The van der Waals surface area contributed by atoms with Crippen molar-refractivity contribution < 1.29 is 9.47 Å². The Bertz CT molecular complexity index is 616. The molecule has 0 aliphatic carbocycles. The van der Waals surface area contributed by atoms with Gasteiger partial charge in [0.05, 0.1) is 19.2 Å². The predicted octanol–water partition coefficient (Wildman–Crippen LogP) is 2.43. The average molecular weight is 247 g/mol. The monoisotopic (exact) mass is 247 g/mol. The van der Waals surface area contributed by atoms with Crippen LogP contribution in [0.1, 0.15) is 13.8 Å². The van der Waals surface area contributed by atoms with Crippen molar-refractivity contribution in [3.05, 3.63) is 34.6 Å². The minimum Gasteiger partial charge on any atom is -0.493 e.